The zero-order chi connectivity index (χ0) is 3.54. The van der Waals surface area contributed by atoms with Gasteiger partial charge in [-0.15, -0.1) is 0 Å². The quantitative estimate of drug-likeness (QED) is 0.435. The topological polar surface area (TPSA) is 28.7 Å². The van der Waals surface area contributed by atoms with Crippen molar-refractivity contribution < 1.29 is 0 Å². The van der Waals surface area contributed by atoms with E-state index in [0.29, 0.717) is 0 Å². The summed E-state index contributed by atoms with van der Waals surface area (Å²) in [6.07, 6.45) is 3.46. The summed E-state index contributed by atoms with van der Waals surface area (Å²) < 4.78 is 0. The summed E-state index contributed by atoms with van der Waals surface area (Å²) in [5.74, 6) is 0. The molecule has 0 bridgehead atoms. The minimum atomic E-state index is 0. The number of H-pyrrole nitrogens is 1. The molecule has 0 aromatic carbocycles. The van der Waals surface area contributed by atoms with Crippen LogP contribution in [0.4, 0.5) is 0 Å². The van der Waals surface area contributed by atoms with Crippen LogP contribution >= 0.6 is 0 Å². The van der Waals surface area contributed by atoms with Gasteiger partial charge in [0.15, 0.2) is 0 Å². The Bertz CT molecular complexity index is 69.0. The van der Waals surface area contributed by atoms with Crippen molar-refractivity contribution in [2.24, 2.45) is 0 Å². The molecule has 1 aromatic rings. The Labute approximate surface area is 115 Å². The molecule has 0 radical (unpaired) electrons. The van der Waals surface area contributed by atoms with Gasteiger partial charge >= 0.3 is 88.7 Å². The fourth-order valence-corrected chi connectivity index (χ4v) is 0.215. The van der Waals surface area contributed by atoms with E-state index in [0.717, 1.165) is 0 Å². The number of aromatic amines is 1. The van der Waals surface area contributed by atoms with Gasteiger partial charge in [-0.3, -0.25) is 5.10 Å². The zero-order valence-corrected chi connectivity index (χ0v) is 2.68. The molecule has 2 nitrogen and oxygen atoms in total. The maximum Gasteiger partial charge on any atom is 0.0487 e. The van der Waals surface area contributed by atoms with E-state index < -0.39 is 0 Å². The second kappa shape index (κ2) is 11.9. The van der Waals surface area contributed by atoms with Crippen LogP contribution in [0.1, 0.15) is 0 Å². The molecule has 5 heteroatoms. The van der Waals surface area contributed by atoms with Crippen LogP contribution in [0.2, 0.25) is 0 Å². The van der Waals surface area contributed by atoms with Crippen LogP contribution in [0.3, 0.4) is 0 Å². The second-order valence-electron chi connectivity index (χ2n) is 0.766. The Morgan fingerprint density at radius 1 is 1.12 bits per heavy atom. The molecule has 0 aliphatic rings. The molecule has 0 aliphatic heterocycles. The summed E-state index contributed by atoms with van der Waals surface area (Å²) >= 11 is 0. The van der Waals surface area contributed by atoms with Gasteiger partial charge in [0.25, 0.3) is 0 Å². The van der Waals surface area contributed by atoms with Gasteiger partial charge in [-0.1, -0.05) is 0 Å². The van der Waals surface area contributed by atoms with E-state index in [1.807, 2.05) is 6.07 Å². The Hall–Kier alpha value is 2.21. The first kappa shape index (κ1) is 16.7. The van der Waals surface area contributed by atoms with Gasteiger partial charge < -0.3 is 0 Å². The molecule has 0 atom stereocenters. The van der Waals surface area contributed by atoms with Crippen molar-refractivity contribution in [3.63, 3.8) is 0 Å². The average molecular weight is 140 g/mol. The summed E-state index contributed by atoms with van der Waals surface area (Å²) in [6.45, 7) is 0. The first-order valence-electron chi connectivity index (χ1n) is 1.44. The van der Waals surface area contributed by atoms with Crippen LogP contribution in [-0.2, 0) is 0 Å². The number of nitrogens with one attached hydrogen (secondary N) is 1. The Morgan fingerprint density at radius 3 is 1.88 bits per heavy atom. The monoisotopic (exact) mass is 140 g/mol. The maximum absolute atomic E-state index is 3.60. The smallest absolute Gasteiger partial charge is 0.0487 e. The number of rotatable bonds is 0. The normalized spacial score (nSPS) is 5.00. The van der Waals surface area contributed by atoms with Crippen LogP contribution < -0.4 is 0 Å². The molecule has 0 spiro atoms. The molecule has 1 rings (SSSR count). The van der Waals surface area contributed by atoms with Gasteiger partial charge in [0, 0.05) is 12.4 Å². The van der Waals surface area contributed by atoms with Crippen molar-refractivity contribution in [1.29, 1.82) is 0 Å². The Kier molecular flexibility index (Phi) is 24.9. The fraction of sp³-hybridized carbons (Fsp3) is 0. The van der Waals surface area contributed by atoms with E-state index in [4.69, 9.17) is 0 Å². The van der Waals surface area contributed by atoms with Crippen molar-refractivity contribution in [1.82, 2.24) is 10.2 Å². The molecule has 8 heavy (non-hydrogen) atoms. The largest absolute Gasteiger partial charge is 0.286 e. The number of hydrogen-bond donors (Lipinski definition) is 1. The van der Waals surface area contributed by atoms with Gasteiger partial charge in [0.1, 0.15) is 0 Å². The summed E-state index contributed by atoms with van der Waals surface area (Å²) in [5.41, 5.74) is 0. The molecule has 0 saturated heterocycles. The summed E-state index contributed by atoms with van der Waals surface area (Å²) in [4.78, 5) is 0. The van der Waals surface area contributed by atoms with Gasteiger partial charge in [-0.05, 0) is 6.07 Å². The third-order valence-electron chi connectivity index (χ3n) is 0.406. The summed E-state index contributed by atoms with van der Waals surface area (Å²) in [5, 5.41) is 6.21. The van der Waals surface area contributed by atoms with E-state index >= 15 is 0 Å². The van der Waals surface area contributed by atoms with E-state index in [9.17, 15) is 0 Å². The van der Waals surface area contributed by atoms with Crippen LogP contribution in [0.25, 0.3) is 0 Å². The van der Waals surface area contributed by atoms with Crippen LogP contribution in [-0.4, -0.2) is 98.9 Å². The first-order valence-corrected chi connectivity index (χ1v) is 1.44. The molecule has 0 aliphatic carbocycles. The minimum absolute atomic E-state index is 0. The van der Waals surface area contributed by atoms with Crippen molar-refractivity contribution in [3.05, 3.63) is 18.5 Å². The first-order chi connectivity index (χ1) is 2.50. The summed E-state index contributed by atoms with van der Waals surface area (Å²) in [6, 6.07) is 1.83. The van der Waals surface area contributed by atoms with Crippen molar-refractivity contribution >= 4 is 88.7 Å². The standard InChI is InChI=1S/C3H4N2.3Na.3H/c1-2-4-5-3-1;;;;;;/h1-3H,(H,4,5);;;;;;. The summed E-state index contributed by atoms with van der Waals surface area (Å²) in [7, 11) is 0. The van der Waals surface area contributed by atoms with Gasteiger partial charge in [-0.25, -0.2) is 0 Å². The van der Waals surface area contributed by atoms with Crippen LogP contribution in [0.15, 0.2) is 18.5 Å². The molecule has 0 amide bonds. The predicted octanol–water partition coefficient (Wildman–Crippen LogP) is -1.54. The maximum atomic E-state index is 3.60. The molecule has 1 heterocycles. The van der Waals surface area contributed by atoms with Crippen molar-refractivity contribution in [2.45, 2.75) is 0 Å². The van der Waals surface area contributed by atoms with Crippen LogP contribution in [0, 0.1) is 0 Å². The van der Waals surface area contributed by atoms with Crippen molar-refractivity contribution in [2.75, 3.05) is 0 Å². The van der Waals surface area contributed by atoms with Gasteiger partial charge in [-0.2, -0.15) is 5.10 Å². The van der Waals surface area contributed by atoms with E-state index in [-0.39, 0.29) is 88.7 Å². The molecule has 0 saturated carbocycles. The van der Waals surface area contributed by atoms with Gasteiger partial charge in [0.2, 0.25) is 0 Å². The number of aromatic nitrogens is 2. The number of hydrogen-bond acceptors (Lipinski definition) is 1. The molecule has 32 valence electrons. The van der Waals surface area contributed by atoms with Crippen molar-refractivity contribution in [3.8, 4) is 0 Å². The molecule has 1 N–H and O–H groups in total. The molecular formula is C3H7N2Na3. The Balaban J connectivity index is -0.0000000833. The van der Waals surface area contributed by atoms with E-state index in [1.54, 1.807) is 12.4 Å². The minimum Gasteiger partial charge on any atom is -0.286 e. The third-order valence-corrected chi connectivity index (χ3v) is 0.406. The average Bonchev–Trinajstić information content (AvgIpc) is 1.76. The van der Waals surface area contributed by atoms with Gasteiger partial charge in [0.05, 0.1) is 0 Å². The fourth-order valence-electron chi connectivity index (χ4n) is 0.215. The second-order valence-corrected chi connectivity index (χ2v) is 0.766. The third kappa shape index (κ3) is 8.21. The molecule has 0 fully saturated rings. The molecule has 0 unspecified atom stereocenters. The van der Waals surface area contributed by atoms with E-state index in [2.05, 4.69) is 10.2 Å². The zero-order valence-electron chi connectivity index (χ0n) is 2.68. The molecular weight excluding hydrogens is 133 g/mol. The Morgan fingerprint density at radius 2 is 1.75 bits per heavy atom. The number of nitrogens with zero attached hydrogens (tertiary/aromatic N) is 1. The molecule has 1 aromatic heterocycles. The van der Waals surface area contributed by atoms with E-state index in [1.165, 1.54) is 0 Å². The van der Waals surface area contributed by atoms with Crippen LogP contribution in [0.5, 0.6) is 0 Å². The SMILES string of the molecule is [NaH].[NaH].[NaH].c1cn[nH]c1. The predicted molar refractivity (Wildman–Crippen MR) is 40.0 cm³/mol.